The second-order valence-corrected chi connectivity index (χ2v) is 11.3. The Morgan fingerprint density at radius 3 is 2.52 bits per heavy atom. The highest BCUT2D eigenvalue weighted by molar-refractivity contribution is 7.69. The number of hydrogen-bond acceptors (Lipinski definition) is 5. The predicted molar refractivity (Wildman–Crippen MR) is 105 cm³/mol. The van der Waals surface area contributed by atoms with E-state index in [1.54, 1.807) is 6.20 Å². The normalized spacial score (nSPS) is 22.9. The Balaban J connectivity index is 1.68. The first-order valence-electron chi connectivity index (χ1n) is 9.24. The number of phenols is 1. The highest BCUT2D eigenvalue weighted by Crippen LogP contribution is 2.56. The molecule has 3 heterocycles. The van der Waals surface area contributed by atoms with Crippen LogP contribution in [0.3, 0.4) is 0 Å². The van der Waals surface area contributed by atoms with Crippen molar-refractivity contribution >= 4 is 18.7 Å². The van der Waals surface area contributed by atoms with E-state index >= 15 is 0 Å². The lowest BCUT2D eigenvalue weighted by molar-refractivity contribution is -0.137. The summed E-state index contributed by atoms with van der Waals surface area (Å²) >= 11 is 0. The molecular formula is C19H21F3N4O2P+. The van der Waals surface area contributed by atoms with E-state index in [-0.39, 0.29) is 22.9 Å². The van der Waals surface area contributed by atoms with Crippen molar-refractivity contribution in [1.29, 1.82) is 0 Å². The number of nitrogens with zero attached hydrogens (tertiary/aromatic N) is 4. The van der Waals surface area contributed by atoms with Crippen LogP contribution in [0.15, 0.2) is 24.5 Å². The summed E-state index contributed by atoms with van der Waals surface area (Å²) in [5.41, 5.74) is 0.761. The number of fused-ring (bicyclic) bond motifs is 1. The van der Waals surface area contributed by atoms with Gasteiger partial charge in [-0.05, 0) is 24.6 Å². The number of alkyl halides is 3. The predicted octanol–water partition coefficient (Wildman–Crippen LogP) is 4.42. The zero-order chi connectivity index (χ0) is 21.0. The molecule has 6 nitrogen and oxygen atoms in total. The van der Waals surface area contributed by atoms with E-state index in [1.165, 1.54) is 13.1 Å². The van der Waals surface area contributed by atoms with Gasteiger partial charge in [0, 0.05) is 18.4 Å². The largest absolute Gasteiger partial charge is 0.507 e. The molecule has 1 aliphatic rings. The molecule has 1 fully saturated rings. The highest BCUT2D eigenvalue weighted by atomic mass is 31.2. The van der Waals surface area contributed by atoms with Gasteiger partial charge in [-0.1, -0.05) is 0 Å². The van der Waals surface area contributed by atoms with Crippen LogP contribution in [0.4, 0.5) is 13.2 Å². The third kappa shape index (κ3) is 3.94. The Kier molecular flexibility index (Phi) is 4.78. The Morgan fingerprint density at radius 2 is 1.90 bits per heavy atom. The first kappa shape index (κ1) is 20.0. The minimum absolute atomic E-state index is 0.163. The van der Waals surface area contributed by atoms with E-state index in [2.05, 4.69) is 15.1 Å². The topological polar surface area (TPSA) is 84.1 Å². The third-order valence-electron chi connectivity index (χ3n) is 5.41. The summed E-state index contributed by atoms with van der Waals surface area (Å²) < 4.78 is 40.7. The van der Waals surface area contributed by atoms with Crippen LogP contribution in [0.25, 0.3) is 22.4 Å². The lowest BCUT2D eigenvalue weighted by Crippen LogP contribution is -2.20. The fourth-order valence-electron chi connectivity index (χ4n) is 3.76. The Labute approximate surface area is 165 Å². The maximum Gasteiger partial charge on any atom is 0.416 e. The number of benzene rings is 1. The molecule has 1 aliphatic heterocycles. The molecular weight excluding hydrogens is 404 g/mol. The lowest BCUT2D eigenvalue weighted by Gasteiger charge is -2.26. The van der Waals surface area contributed by atoms with Crippen molar-refractivity contribution in [2.45, 2.75) is 32.0 Å². The molecule has 1 saturated heterocycles. The monoisotopic (exact) mass is 425 g/mol. The standard InChI is InChI=1S/C19H20F3N4O2P/c1-11-7-12(19(20,21)22)8-16(27)17(11)14-9-23-15-10-26(25-18(15)24-14)13-3-5-29(2,28)6-4-13/h7-10,13,28H,3-6H2,1-2H3/p+1. The second-order valence-electron chi connectivity index (χ2n) is 7.78. The van der Waals surface area contributed by atoms with Crippen molar-refractivity contribution in [3.63, 3.8) is 0 Å². The number of hydrogen-bond donors (Lipinski definition) is 2. The fraction of sp³-hybridized carbons (Fsp3) is 0.421. The first-order valence-corrected chi connectivity index (χ1v) is 11.8. The number of aryl methyl sites for hydroxylation is 1. The van der Waals surface area contributed by atoms with Gasteiger partial charge < -0.3 is 5.11 Å². The lowest BCUT2D eigenvalue weighted by atomic mass is 10.0. The van der Waals surface area contributed by atoms with E-state index < -0.39 is 25.0 Å². The number of halogens is 3. The van der Waals surface area contributed by atoms with Crippen LogP contribution in [0.2, 0.25) is 0 Å². The zero-order valence-electron chi connectivity index (χ0n) is 16.0. The molecule has 4 rings (SSSR count). The quantitative estimate of drug-likeness (QED) is 0.594. The molecule has 0 aliphatic carbocycles. The van der Waals surface area contributed by atoms with Gasteiger partial charge in [0.25, 0.3) is 0 Å². The average molecular weight is 425 g/mol. The summed E-state index contributed by atoms with van der Waals surface area (Å²) in [5, 5.41) is 14.7. The number of aromatic hydroxyl groups is 1. The van der Waals surface area contributed by atoms with Gasteiger partial charge in [-0.3, -0.25) is 9.58 Å². The molecule has 1 aromatic carbocycles. The third-order valence-corrected chi connectivity index (χ3v) is 7.85. The molecule has 0 saturated carbocycles. The molecule has 0 amide bonds. The summed E-state index contributed by atoms with van der Waals surface area (Å²) in [5.74, 6) is -0.496. The van der Waals surface area contributed by atoms with E-state index in [0.29, 0.717) is 17.2 Å². The molecule has 2 aromatic heterocycles. The first-order chi connectivity index (χ1) is 13.5. The van der Waals surface area contributed by atoms with Crippen LogP contribution in [0.5, 0.6) is 5.75 Å². The second kappa shape index (κ2) is 6.92. The Morgan fingerprint density at radius 1 is 1.21 bits per heavy atom. The summed E-state index contributed by atoms with van der Waals surface area (Å²) in [6.45, 7) is 3.43. The van der Waals surface area contributed by atoms with Crippen molar-refractivity contribution in [1.82, 2.24) is 19.7 Å². The van der Waals surface area contributed by atoms with Gasteiger partial charge in [-0.15, -0.1) is 0 Å². The molecule has 3 aromatic rings. The Bertz CT molecular complexity index is 1050. The van der Waals surface area contributed by atoms with Crippen LogP contribution >= 0.6 is 7.49 Å². The molecule has 0 bridgehead atoms. The van der Waals surface area contributed by atoms with Crippen LogP contribution in [0, 0.1) is 6.92 Å². The number of phenolic OH excluding ortho intramolecular Hbond substituents is 1. The van der Waals surface area contributed by atoms with Crippen LogP contribution in [0.1, 0.15) is 30.0 Å². The highest BCUT2D eigenvalue weighted by Gasteiger charge is 2.36. The van der Waals surface area contributed by atoms with E-state index in [4.69, 9.17) is 0 Å². The minimum Gasteiger partial charge on any atom is -0.507 e. The molecule has 154 valence electrons. The summed E-state index contributed by atoms with van der Waals surface area (Å²) in [6, 6.07) is 1.84. The summed E-state index contributed by atoms with van der Waals surface area (Å²) in [7, 11) is -1.78. The van der Waals surface area contributed by atoms with Crippen molar-refractivity contribution in [3.8, 4) is 17.0 Å². The van der Waals surface area contributed by atoms with Gasteiger partial charge in [-0.2, -0.15) is 18.3 Å². The van der Waals surface area contributed by atoms with Crippen molar-refractivity contribution in [3.05, 3.63) is 35.7 Å². The molecule has 10 heteroatoms. The van der Waals surface area contributed by atoms with Crippen LogP contribution in [-0.4, -0.2) is 48.7 Å². The molecule has 0 unspecified atom stereocenters. The maximum atomic E-state index is 13.0. The van der Waals surface area contributed by atoms with E-state index in [0.717, 1.165) is 31.2 Å². The van der Waals surface area contributed by atoms with Gasteiger partial charge in [0.05, 0.1) is 48.7 Å². The smallest absolute Gasteiger partial charge is 0.416 e. The van der Waals surface area contributed by atoms with Gasteiger partial charge in [0.2, 0.25) is 0 Å². The maximum absolute atomic E-state index is 13.0. The summed E-state index contributed by atoms with van der Waals surface area (Å²) in [4.78, 5) is 19.0. The van der Waals surface area contributed by atoms with E-state index in [1.807, 2.05) is 11.3 Å². The van der Waals surface area contributed by atoms with Gasteiger partial charge in [-0.25, -0.2) is 9.97 Å². The average Bonchev–Trinajstić information content (AvgIpc) is 3.03. The van der Waals surface area contributed by atoms with Crippen molar-refractivity contribution < 1.29 is 23.2 Å². The van der Waals surface area contributed by atoms with Crippen molar-refractivity contribution in [2.75, 3.05) is 19.0 Å². The van der Waals surface area contributed by atoms with Gasteiger partial charge in [0.15, 0.2) is 5.65 Å². The van der Waals surface area contributed by atoms with Gasteiger partial charge >= 0.3 is 6.18 Å². The summed E-state index contributed by atoms with van der Waals surface area (Å²) in [6.07, 6.45) is 1.94. The fourth-order valence-corrected chi connectivity index (χ4v) is 5.70. The molecule has 0 atom stereocenters. The zero-order valence-corrected chi connectivity index (χ0v) is 16.9. The molecule has 0 spiro atoms. The molecule has 29 heavy (non-hydrogen) atoms. The van der Waals surface area contributed by atoms with E-state index in [9.17, 15) is 23.2 Å². The van der Waals surface area contributed by atoms with Crippen LogP contribution in [-0.2, 0) is 6.18 Å². The SMILES string of the molecule is Cc1cc(C(F)(F)F)cc(O)c1-c1cnc2cn(C3CC[P+](C)(O)CC3)nc2n1. The minimum atomic E-state index is -4.54. The van der Waals surface area contributed by atoms with Gasteiger partial charge in [0.1, 0.15) is 18.8 Å². The number of aromatic nitrogens is 4. The number of rotatable bonds is 2. The molecule has 2 N–H and O–H groups in total. The Hall–Kier alpha value is -2.25. The molecule has 0 radical (unpaired) electrons. The van der Waals surface area contributed by atoms with Crippen molar-refractivity contribution in [2.24, 2.45) is 0 Å². The van der Waals surface area contributed by atoms with Crippen LogP contribution < -0.4 is 0 Å².